The predicted octanol–water partition coefficient (Wildman–Crippen LogP) is 7.49. The SMILES string of the molecule is Cc1ccc(NC(=O)OC(C)(C)C)cc1C(=O)NC(C)c1ccc(C#CC2CCN(CCCC(=O)O)CC2)c(-c2cccs2)c1. The highest BCUT2D eigenvalue weighted by molar-refractivity contribution is 7.13. The van der Waals surface area contributed by atoms with Crippen molar-refractivity contribution in [1.82, 2.24) is 10.2 Å². The lowest BCUT2D eigenvalue weighted by atomic mass is 9.95. The highest BCUT2D eigenvalue weighted by Gasteiger charge is 2.20. The monoisotopic (exact) mass is 629 g/mol. The topological polar surface area (TPSA) is 108 Å². The molecule has 0 bridgehead atoms. The highest BCUT2D eigenvalue weighted by atomic mass is 32.1. The Balaban J connectivity index is 1.44. The first-order valence-electron chi connectivity index (χ1n) is 15.4. The number of benzene rings is 2. The Kier molecular flexibility index (Phi) is 11.4. The van der Waals surface area contributed by atoms with E-state index >= 15 is 0 Å². The summed E-state index contributed by atoms with van der Waals surface area (Å²) < 4.78 is 5.34. The summed E-state index contributed by atoms with van der Waals surface area (Å²) in [6, 6.07) is 15.2. The quantitative estimate of drug-likeness (QED) is 0.212. The fourth-order valence-electron chi connectivity index (χ4n) is 5.23. The Hall–Kier alpha value is -4.13. The molecule has 2 amide bonds. The van der Waals surface area contributed by atoms with Gasteiger partial charge in [0.05, 0.1) is 6.04 Å². The van der Waals surface area contributed by atoms with Crippen molar-refractivity contribution < 1.29 is 24.2 Å². The molecule has 1 aliphatic rings. The average molecular weight is 630 g/mol. The van der Waals surface area contributed by atoms with E-state index in [1.54, 1.807) is 50.3 Å². The summed E-state index contributed by atoms with van der Waals surface area (Å²) in [4.78, 5) is 39.9. The Morgan fingerprint density at radius 2 is 1.87 bits per heavy atom. The summed E-state index contributed by atoms with van der Waals surface area (Å²) in [6.07, 6.45) is 2.27. The second-order valence-corrected chi connectivity index (χ2v) is 13.5. The molecule has 4 rings (SSSR count). The summed E-state index contributed by atoms with van der Waals surface area (Å²) in [6.45, 7) is 11.9. The molecule has 3 N–H and O–H groups in total. The molecule has 1 saturated heterocycles. The maximum absolute atomic E-state index is 13.4. The Bertz CT molecular complexity index is 1560. The summed E-state index contributed by atoms with van der Waals surface area (Å²) >= 11 is 1.66. The van der Waals surface area contributed by atoms with Crippen molar-refractivity contribution in [3.8, 4) is 22.3 Å². The van der Waals surface area contributed by atoms with Gasteiger partial charge in [0, 0.05) is 39.6 Å². The number of amides is 2. The van der Waals surface area contributed by atoms with Gasteiger partial charge < -0.3 is 20.1 Å². The molecular formula is C36H43N3O5S. The van der Waals surface area contributed by atoms with Crippen molar-refractivity contribution in [2.45, 2.75) is 71.9 Å². The number of hydrogen-bond acceptors (Lipinski definition) is 6. The Morgan fingerprint density at radius 1 is 1.11 bits per heavy atom. The third-order valence-electron chi connectivity index (χ3n) is 7.67. The molecule has 1 aliphatic heterocycles. The van der Waals surface area contributed by atoms with Gasteiger partial charge in [-0.25, -0.2) is 4.79 Å². The molecule has 1 atom stereocenters. The summed E-state index contributed by atoms with van der Waals surface area (Å²) in [5, 5.41) is 16.8. The van der Waals surface area contributed by atoms with E-state index in [0.717, 1.165) is 59.6 Å². The van der Waals surface area contributed by atoms with E-state index in [1.165, 1.54) is 0 Å². The van der Waals surface area contributed by atoms with Crippen LogP contribution in [0.1, 0.15) is 86.5 Å². The molecule has 3 aromatic rings. The predicted molar refractivity (Wildman–Crippen MR) is 180 cm³/mol. The van der Waals surface area contributed by atoms with Crippen molar-refractivity contribution >= 4 is 35.0 Å². The number of aliphatic carboxylic acids is 1. The van der Waals surface area contributed by atoms with Crippen molar-refractivity contribution in [2.75, 3.05) is 25.0 Å². The van der Waals surface area contributed by atoms with Crippen LogP contribution in [0.2, 0.25) is 0 Å². The van der Waals surface area contributed by atoms with E-state index in [2.05, 4.69) is 39.5 Å². The second-order valence-electron chi connectivity index (χ2n) is 12.5. The number of anilines is 1. The molecule has 238 valence electrons. The van der Waals surface area contributed by atoms with Crippen LogP contribution in [0.15, 0.2) is 53.9 Å². The average Bonchev–Trinajstić information content (AvgIpc) is 3.51. The number of thiophene rings is 1. The Labute approximate surface area is 270 Å². The molecule has 1 fully saturated rings. The van der Waals surface area contributed by atoms with Gasteiger partial charge in [-0.1, -0.05) is 30.0 Å². The molecule has 9 heteroatoms. The largest absolute Gasteiger partial charge is 0.481 e. The van der Waals surface area contributed by atoms with E-state index < -0.39 is 17.7 Å². The lowest BCUT2D eigenvalue weighted by molar-refractivity contribution is -0.137. The first kappa shape index (κ1) is 33.8. The second kappa shape index (κ2) is 15.2. The number of piperidine rings is 1. The minimum atomic E-state index is -0.741. The van der Waals surface area contributed by atoms with Crippen LogP contribution >= 0.6 is 11.3 Å². The normalized spacial score (nSPS) is 14.6. The summed E-state index contributed by atoms with van der Waals surface area (Å²) in [5.41, 5.74) is 4.10. The number of aryl methyl sites for hydroxylation is 1. The van der Waals surface area contributed by atoms with Crippen molar-refractivity contribution in [2.24, 2.45) is 5.92 Å². The van der Waals surface area contributed by atoms with Crippen molar-refractivity contribution in [1.29, 1.82) is 0 Å². The van der Waals surface area contributed by atoms with Crippen LogP contribution in [0, 0.1) is 24.7 Å². The number of carboxylic acid groups (broad SMARTS) is 1. The molecular weight excluding hydrogens is 586 g/mol. The number of hydrogen-bond donors (Lipinski definition) is 3. The van der Waals surface area contributed by atoms with Gasteiger partial charge in [-0.3, -0.25) is 14.9 Å². The third-order valence-corrected chi connectivity index (χ3v) is 8.57. The van der Waals surface area contributed by atoms with E-state index in [0.29, 0.717) is 23.6 Å². The van der Waals surface area contributed by atoms with Gasteiger partial charge >= 0.3 is 12.1 Å². The molecule has 2 heterocycles. The van der Waals surface area contributed by atoms with Crippen LogP contribution in [0.4, 0.5) is 10.5 Å². The van der Waals surface area contributed by atoms with Crippen LogP contribution in [-0.4, -0.2) is 53.2 Å². The van der Waals surface area contributed by atoms with E-state index in [-0.39, 0.29) is 18.4 Å². The van der Waals surface area contributed by atoms with E-state index in [9.17, 15) is 14.4 Å². The van der Waals surface area contributed by atoms with E-state index in [4.69, 9.17) is 9.84 Å². The number of ether oxygens (including phenoxy) is 1. The number of likely N-dealkylation sites (tertiary alicyclic amines) is 1. The number of nitrogens with zero attached hydrogens (tertiary/aromatic N) is 1. The standard InChI is InChI=1S/C36H43N3O5S/c1-24-10-15-29(38-35(43)44-36(3,4)5)23-30(24)34(42)37-25(2)28-14-13-27(31(22-28)32-8-7-21-45-32)12-11-26-16-19-39(20-17-26)18-6-9-33(40)41/h7-8,10,13-15,21-23,25-26H,6,9,16-20H2,1-5H3,(H,37,42)(H,38,43)(H,40,41). The zero-order valence-electron chi connectivity index (χ0n) is 26.7. The van der Waals surface area contributed by atoms with Crippen LogP contribution in [0.3, 0.4) is 0 Å². The van der Waals surface area contributed by atoms with Gasteiger partial charge in [0.15, 0.2) is 0 Å². The molecule has 8 nitrogen and oxygen atoms in total. The zero-order chi connectivity index (χ0) is 32.6. The van der Waals surface area contributed by atoms with Gasteiger partial charge in [-0.05, 0) is 120 Å². The van der Waals surface area contributed by atoms with Gasteiger partial charge in [-0.15, -0.1) is 11.3 Å². The third kappa shape index (κ3) is 10.2. The molecule has 0 spiro atoms. The van der Waals surface area contributed by atoms with Gasteiger partial charge in [0.2, 0.25) is 0 Å². The fraction of sp³-hybridized carbons (Fsp3) is 0.417. The molecule has 1 aromatic heterocycles. The van der Waals surface area contributed by atoms with Crippen molar-refractivity contribution in [3.05, 3.63) is 76.2 Å². The molecule has 1 unspecified atom stereocenters. The molecule has 0 aliphatic carbocycles. The van der Waals surface area contributed by atoms with Crippen LogP contribution < -0.4 is 10.6 Å². The van der Waals surface area contributed by atoms with E-state index in [1.807, 2.05) is 37.4 Å². The summed E-state index contributed by atoms with van der Waals surface area (Å²) in [7, 11) is 0. The molecule has 0 radical (unpaired) electrons. The smallest absolute Gasteiger partial charge is 0.412 e. The molecule has 2 aromatic carbocycles. The lowest BCUT2D eigenvalue weighted by Crippen LogP contribution is -2.34. The highest BCUT2D eigenvalue weighted by Crippen LogP contribution is 2.31. The first-order valence-corrected chi connectivity index (χ1v) is 16.3. The van der Waals surface area contributed by atoms with Gasteiger partial charge in [-0.2, -0.15) is 0 Å². The Morgan fingerprint density at radius 3 is 2.53 bits per heavy atom. The van der Waals surface area contributed by atoms with Crippen LogP contribution in [0.25, 0.3) is 10.4 Å². The minimum Gasteiger partial charge on any atom is -0.481 e. The fourth-order valence-corrected chi connectivity index (χ4v) is 5.99. The van der Waals surface area contributed by atoms with Gasteiger partial charge in [0.1, 0.15) is 5.60 Å². The van der Waals surface area contributed by atoms with Crippen LogP contribution in [-0.2, 0) is 9.53 Å². The minimum absolute atomic E-state index is 0.212. The molecule has 45 heavy (non-hydrogen) atoms. The summed E-state index contributed by atoms with van der Waals surface area (Å²) in [5.74, 6) is 6.28. The first-order chi connectivity index (χ1) is 21.4. The number of carboxylic acids is 1. The number of carbonyl (C=O) groups is 3. The van der Waals surface area contributed by atoms with Gasteiger partial charge in [0.25, 0.3) is 5.91 Å². The number of carbonyl (C=O) groups excluding carboxylic acids is 2. The molecule has 0 saturated carbocycles. The maximum Gasteiger partial charge on any atom is 0.412 e. The zero-order valence-corrected chi connectivity index (χ0v) is 27.6. The number of rotatable bonds is 9. The maximum atomic E-state index is 13.4. The van der Waals surface area contributed by atoms with Crippen LogP contribution in [0.5, 0.6) is 0 Å². The number of nitrogens with one attached hydrogen (secondary N) is 2. The lowest BCUT2D eigenvalue weighted by Gasteiger charge is -2.29. The van der Waals surface area contributed by atoms with Crippen molar-refractivity contribution in [3.63, 3.8) is 0 Å².